The smallest absolute Gasteiger partial charge is 0.216 e. The van der Waals surface area contributed by atoms with Crippen molar-refractivity contribution < 1.29 is 13.2 Å². The van der Waals surface area contributed by atoms with E-state index in [-0.39, 0.29) is 36.3 Å². The fraction of sp³-hybridized carbons (Fsp3) is 0.611. The monoisotopic (exact) mass is 508 g/mol. The number of para-hydroxylation sites is 1. The van der Waals surface area contributed by atoms with E-state index >= 15 is 0 Å². The second kappa shape index (κ2) is 11.2. The summed E-state index contributed by atoms with van der Waals surface area (Å²) in [6.45, 7) is 3.98. The van der Waals surface area contributed by atoms with Crippen LogP contribution in [0.3, 0.4) is 0 Å². The molecule has 2 aliphatic heterocycles. The summed E-state index contributed by atoms with van der Waals surface area (Å²) >= 11 is 0. The third-order valence-corrected chi connectivity index (χ3v) is 6.51. The first-order valence-electron chi connectivity index (χ1n) is 9.32. The van der Waals surface area contributed by atoms with Gasteiger partial charge in [-0.15, -0.1) is 24.0 Å². The van der Waals surface area contributed by atoms with Crippen LogP contribution in [-0.4, -0.2) is 75.3 Å². The summed E-state index contributed by atoms with van der Waals surface area (Å²) in [4.78, 5) is 6.84. The van der Waals surface area contributed by atoms with Gasteiger partial charge in [0.25, 0.3) is 0 Å². The number of rotatable bonds is 5. The number of ether oxygens (including phenoxy) is 1. The van der Waals surface area contributed by atoms with Gasteiger partial charge in [0.1, 0.15) is 0 Å². The van der Waals surface area contributed by atoms with E-state index in [0.29, 0.717) is 26.3 Å². The maximum Gasteiger partial charge on any atom is 0.216 e. The highest BCUT2D eigenvalue weighted by molar-refractivity contribution is 14.0. The number of nitrogens with zero attached hydrogens (tertiary/aromatic N) is 3. The molecular weight excluding hydrogens is 479 g/mol. The number of nitrogens with one attached hydrogen (secondary N) is 1. The van der Waals surface area contributed by atoms with Crippen LogP contribution in [0.25, 0.3) is 0 Å². The standard InChI is InChI=1S/C18H28N4O3S.HI/c23-26(24,22-12-14-25-15-13-22)16-9-19-18(21-10-5-2-6-11-21)20-17-7-3-1-4-8-17;/h1,3-4,7-8H,2,5-6,9-16H2,(H,19,20);1H. The van der Waals surface area contributed by atoms with E-state index in [1.165, 1.54) is 10.7 Å². The number of benzene rings is 1. The maximum absolute atomic E-state index is 12.5. The molecule has 2 saturated heterocycles. The first-order valence-corrected chi connectivity index (χ1v) is 10.9. The lowest BCUT2D eigenvalue weighted by Gasteiger charge is -2.30. The summed E-state index contributed by atoms with van der Waals surface area (Å²) in [5, 5.41) is 3.36. The maximum atomic E-state index is 12.5. The van der Waals surface area contributed by atoms with Gasteiger partial charge in [-0.25, -0.2) is 8.42 Å². The SMILES string of the molecule is I.O=S(=O)(CCN=C(Nc1ccccc1)N1CCCCC1)N1CCOCC1. The predicted molar refractivity (Wildman–Crippen MR) is 119 cm³/mol. The zero-order valence-corrected chi connectivity index (χ0v) is 18.7. The van der Waals surface area contributed by atoms with Crippen molar-refractivity contribution in [3.05, 3.63) is 30.3 Å². The number of hydrogen-bond donors (Lipinski definition) is 1. The molecule has 1 aromatic rings. The Bertz CT molecular complexity index is 688. The minimum absolute atomic E-state index is 0. The lowest BCUT2D eigenvalue weighted by molar-refractivity contribution is 0.0731. The second-order valence-electron chi connectivity index (χ2n) is 6.57. The van der Waals surface area contributed by atoms with Crippen molar-refractivity contribution >= 4 is 45.6 Å². The molecule has 0 aliphatic carbocycles. The molecule has 0 spiro atoms. The topological polar surface area (TPSA) is 74.2 Å². The van der Waals surface area contributed by atoms with Crippen molar-refractivity contribution in [2.45, 2.75) is 19.3 Å². The molecule has 2 aliphatic rings. The Morgan fingerprint density at radius 1 is 1.04 bits per heavy atom. The number of anilines is 1. The number of halogens is 1. The molecule has 27 heavy (non-hydrogen) atoms. The van der Waals surface area contributed by atoms with Crippen molar-refractivity contribution in [3.8, 4) is 0 Å². The van der Waals surface area contributed by atoms with E-state index in [2.05, 4.69) is 15.2 Å². The largest absolute Gasteiger partial charge is 0.379 e. The van der Waals surface area contributed by atoms with Crippen LogP contribution in [-0.2, 0) is 14.8 Å². The Labute approximate surface area is 179 Å². The van der Waals surface area contributed by atoms with Crippen molar-refractivity contribution in [1.29, 1.82) is 0 Å². The van der Waals surface area contributed by atoms with Crippen LogP contribution in [0.2, 0.25) is 0 Å². The summed E-state index contributed by atoms with van der Waals surface area (Å²) in [7, 11) is -3.28. The summed E-state index contributed by atoms with van der Waals surface area (Å²) < 4.78 is 31.7. The Balaban J connectivity index is 0.00000261. The van der Waals surface area contributed by atoms with E-state index in [0.717, 1.165) is 37.6 Å². The molecular formula is C18H29IN4O3S. The molecule has 3 rings (SSSR count). The fourth-order valence-corrected chi connectivity index (χ4v) is 4.48. The van der Waals surface area contributed by atoms with Crippen molar-refractivity contribution in [1.82, 2.24) is 9.21 Å². The van der Waals surface area contributed by atoms with Crippen LogP contribution in [0.5, 0.6) is 0 Å². The van der Waals surface area contributed by atoms with Crippen LogP contribution >= 0.6 is 24.0 Å². The Hall–Kier alpha value is -0.910. The molecule has 152 valence electrons. The fourth-order valence-electron chi connectivity index (χ4n) is 3.20. The average Bonchev–Trinajstić information content (AvgIpc) is 2.69. The van der Waals surface area contributed by atoms with Crippen LogP contribution in [0.1, 0.15) is 19.3 Å². The predicted octanol–water partition coefficient (Wildman–Crippen LogP) is 2.22. The van der Waals surface area contributed by atoms with Crippen LogP contribution in [0.15, 0.2) is 35.3 Å². The number of hydrogen-bond acceptors (Lipinski definition) is 4. The van der Waals surface area contributed by atoms with Gasteiger partial charge in [0, 0.05) is 31.9 Å². The van der Waals surface area contributed by atoms with Crippen LogP contribution in [0, 0.1) is 0 Å². The third kappa shape index (κ3) is 6.88. The van der Waals surface area contributed by atoms with Gasteiger partial charge in [0.05, 0.1) is 25.5 Å². The number of piperidine rings is 1. The molecule has 1 N–H and O–H groups in total. The highest BCUT2D eigenvalue weighted by Crippen LogP contribution is 2.13. The van der Waals surface area contributed by atoms with Gasteiger partial charge >= 0.3 is 0 Å². The zero-order valence-electron chi connectivity index (χ0n) is 15.5. The van der Waals surface area contributed by atoms with Crippen LogP contribution < -0.4 is 5.32 Å². The molecule has 7 nitrogen and oxygen atoms in total. The molecule has 0 amide bonds. The quantitative estimate of drug-likeness (QED) is 0.375. The van der Waals surface area contributed by atoms with Crippen molar-refractivity contribution in [2.75, 3.05) is 57.0 Å². The molecule has 0 radical (unpaired) electrons. The van der Waals surface area contributed by atoms with Gasteiger partial charge in [0.15, 0.2) is 5.96 Å². The molecule has 1 aromatic carbocycles. The molecule has 0 unspecified atom stereocenters. The van der Waals surface area contributed by atoms with Gasteiger partial charge in [-0.2, -0.15) is 4.31 Å². The van der Waals surface area contributed by atoms with E-state index in [1.54, 1.807) is 0 Å². The Kier molecular flexibility index (Phi) is 9.27. The van der Waals surface area contributed by atoms with Gasteiger partial charge < -0.3 is 15.0 Å². The second-order valence-corrected chi connectivity index (χ2v) is 8.66. The molecule has 2 fully saturated rings. The summed E-state index contributed by atoms with van der Waals surface area (Å²) in [5.41, 5.74) is 0.966. The minimum atomic E-state index is -3.28. The normalized spacial score (nSPS) is 19.4. The molecule has 0 aromatic heterocycles. The van der Waals surface area contributed by atoms with E-state index in [1.807, 2.05) is 30.3 Å². The van der Waals surface area contributed by atoms with E-state index in [4.69, 9.17) is 4.74 Å². The number of guanidine groups is 1. The van der Waals surface area contributed by atoms with Crippen molar-refractivity contribution in [3.63, 3.8) is 0 Å². The highest BCUT2D eigenvalue weighted by atomic mass is 127. The molecule has 0 bridgehead atoms. The lowest BCUT2D eigenvalue weighted by Crippen LogP contribution is -2.43. The average molecular weight is 508 g/mol. The molecule has 0 atom stereocenters. The molecule has 0 saturated carbocycles. The number of sulfonamides is 1. The number of aliphatic imine (C=N–C) groups is 1. The minimum Gasteiger partial charge on any atom is -0.379 e. The third-order valence-electron chi connectivity index (χ3n) is 4.66. The molecule has 2 heterocycles. The lowest BCUT2D eigenvalue weighted by atomic mass is 10.1. The van der Waals surface area contributed by atoms with E-state index < -0.39 is 10.0 Å². The van der Waals surface area contributed by atoms with Crippen LogP contribution in [0.4, 0.5) is 5.69 Å². The number of likely N-dealkylation sites (tertiary alicyclic amines) is 1. The number of morpholine rings is 1. The first kappa shape index (κ1) is 22.4. The van der Waals surface area contributed by atoms with Gasteiger partial charge in [0.2, 0.25) is 10.0 Å². The summed E-state index contributed by atoms with van der Waals surface area (Å²) in [6.07, 6.45) is 3.52. The van der Waals surface area contributed by atoms with Gasteiger partial charge in [-0.3, -0.25) is 4.99 Å². The Morgan fingerprint density at radius 3 is 2.37 bits per heavy atom. The van der Waals surface area contributed by atoms with Gasteiger partial charge in [-0.1, -0.05) is 18.2 Å². The zero-order chi connectivity index (χ0) is 18.2. The highest BCUT2D eigenvalue weighted by Gasteiger charge is 2.24. The summed E-state index contributed by atoms with van der Waals surface area (Å²) in [5.74, 6) is 0.800. The van der Waals surface area contributed by atoms with Crippen molar-refractivity contribution in [2.24, 2.45) is 4.99 Å². The summed E-state index contributed by atoms with van der Waals surface area (Å²) in [6, 6.07) is 9.89. The first-order chi connectivity index (χ1) is 12.6. The van der Waals surface area contributed by atoms with Gasteiger partial charge in [-0.05, 0) is 31.4 Å². The molecule has 9 heteroatoms. The Morgan fingerprint density at radius 2 is 1.70 bits per heavy atom. The van der Waals surface area contributed by atoms with E-state index in [9.17, 15) is 8.42 Å².